The summed E-state index contributed by atoms with van der Waals surface area (Å²) in [5.74, 6) is -1.92. The van der Waals surface area contributed by atoms with Crippen molar-refractivity contribution in [1.29, 1.82) is 0 Å². The Morgan fingerprint density at radius 1 is 0.778 bits per heavy atom. The van der Waals surface area contributed by atoms with E-state index in [9.17, 15) is 24.3 Å². The first kappa shape index (κ1) is 31.0. The van der Waals surface area contributed by atoms with Crippen LogP contribution in [-0.4, -0.2) is 54.1 Å². The molecule has 0 heterocycles. The fourth-order valence-corrected chi connectivity index (χ4v) is 5.80. The molecule has 45 heavy (non-hydrogen) atoms. The average molecular weight is 606 g/mol. The molecule has 0 spiro atoms. The van der Waals surface area contributed by atoms with E-state index in [2.05, 4.69) is 10.6 Å². The number of amides is 3. The van der Waals surface area contributed by atoms with Gasteiger partial charge in [0.05, 0.1) is 32.2 Å². The summed E-state index contributed by atoms with van der Waals surface area (Å²) in [7, 11) is 1.34. The van der Waals surface area contributed by atoms with Crippen LogP contribution >= 0.6 is 0 Å². The average Bonchev–Trinajstić information content (AvgIpc) is 3.39. The number of fused-ring (bicyclic) bond motifs is 3. The van der Waals surface area contributed by atoms with Crippen molar-refractivity contribution in [2.75, 3.05) is 20.2 Å². The summed E-state index contributed by atoms with van der Waals surface area (Å²) < 4.78 is 5.11. The van der Waals surface area contributed by atoms with Crippen LogP contribution in [-0.2, 0) is 19.1 Å². The van der Waals surface area contributed by atoms with Crippen LogP contribution in [0.4, 0.5) is 4.79 Å². The van der Waals surface area contributed by atoms with Crippen molar-refractivity contribution in [3.8, 4) is 22.3 Å². The van der Waals surface area contributed by atoms with E-state index < -0.39 is 24.0 Å². The summed E-state index contributed by atoms with van der Waals surface area (Å²) in [6, 6.07) is 31.9. The molecule has 0 radical (unpaired) electrons. The first-order valence-electron chi connectivity index (χ1n) is 14.8. The predicted molar refractivity (Wildman–Crippen MR) is 170 cm³/mol. The van der Waals surface area contributed by atoms with Crippen LogP contribution in [0.3, 0.4) is 0 Å². The van der Waals surface area contributed by atoms with Crippen molar-refractivity contribution in [3.05, 3.63) is 120 Å². The van der Waals surface area contributed by atoms with Crippen LogP contribution in [0.25, 0.3) is 22.3 Å². The predicted octanol–water partition coefficient (Wildman–Crippen LogP) is 5.72. The third-order valence-electron chi connectivity index (χ3n) is 7.90. The quantitative estimate of drug-likeness (QED) is 0.190. The number of nitrogens with zero attached hydrogens (tertiary/aromatic N) is 1. The number of carbonyl (C=O) groups is 4. The normalized spacial score (nSPS) is 12.4. The Bertz CT molecular complexity index is 1630. The Kier molecular flexibility index (Phi) is 9.89. The van der Waals surface area contributed by atoms with Gasteiger partial charge >= 0.3 is 12.1 Å². The van der Waals surface area contributed by atoms with Gasteiger partial charge in [-0.25, -0.2) is 4.79 Å². The van der Waals surface area contributed by atoms with Crippen molar-refractivity contribution < 1.29 is 29.0 Å². The fourth-order valence-electron chi connectivity index (χ4n) is 5.80. The summed E-state index contributed by atoms with van der Waals surface area (Å²) in [5, 5.41) is 14.8. The molecule has 4 aromatic rings. The zero-order valence-electron chi connectivity index (χ0n) is 24.9. The third kappa shape index (κ3) is 7.38. The molecule has 9 heteroatoms. The zero-order chi connectivity index (χ0) is 31.8. The lowest BCUT2D eigenvalue weighted by Gasteiger charge is -2.29. The lowest BCUT2D eigenvalue weighted by atomic mass is 9.99. The second kappa shape index (κ2) is 14.4. The number of aliphatic carboxylic acids is 1. The second-order valence-corrected chi connectivity index (χ2v) is 10.8. The minimum Gasteiger partial charge on any atom is -0.481 e. The molecule has 0 saturated carbocycles. The van der Waals surface area contributed by atoms with Gasteiger partial charge in [0.1, 0.15) is 0 Å². The van der Waals surface area contributed by atoms with Gasteiger partial charge in [-0.05, 0) is 45.4 Å². The molecule has 3 amide bonds. The Balaban J connectivity index is 1.16. The molecule has 1 atom stereocenters. The van der Waals surface area contributed by atoms with E-state index in [1.807, 2.05) is 91.0 Å². The molecule has 0 fully saturated rings. The number of carboxylic acids is 1. The molecule has 1 unspecified atom stereocenters. The maximum absolute atomic E-state index is 12.9. The number of carbonyl (C=O) groups excluding carboxylic acids is 3. The first-order chi connectivity index (χ1) is 21.9. The monoisotopic (exact) mass is 605 g/mol. The second-order valence-electron chi connectivity index (χ2n) is 10.8. The lowest BCUT2D eigenvalue weighted by Crippen LogP contribution is -2.39. The van der Waals surface area contributed by atoms with Crippen molar-refractivity contribution in [2.45, 2.75) is 31.3 Å². The molecule has 0 aliphatic heterocycles. The van der Waals surface area contributed by atoms with Gasteiger partial charge in [-0.1, -0.05) is 103 Å². The van der Waals surface area contributed by atoms with Crippen LogP contribution in [0.1, 0.15) is 48.0 Å². The fraction of sp³-hybridized carbons (Fsp3) is 0.222. The van der Waals surface area contributed by atoms with E-state index in [1.54, 1.807) is 17.0 Å². The van der Waals surface area contributed by atoms with Gasteiger partial charge in [-0.2, -0.15) is 0 Å². The molecule has 1 aliphatic carbocycles. The van der Waals surface area contributed by atoms with Gasteiger partial charge < -0.3 is 20.5 Å². The number of nitrogens with one attached hydrogen (secondary N) is 2. The van der Waals surface area contributed by atoms with E-state index in [4.69, 9.17) is 4.74 Å². The number of hydrogen-bond acceptors (Lipinski definition) is 5. The van der Waals surface area contributed by atoms with E-state index in [0.29, 0.717) is 12.0 Å². The number of hydrogen-bond donors (Lipinski definition) is 3. The molecule has 1 aliphatic rings. The zero-order valence-corrected chi connectivity index (χ0v) is 24.9. The summed E-state index contributed by atoms with van der Waals surface area (Å²) in [4.78, 5) is 51.5. The van der Waals surface area contributed by atoms with Crippen LogP contribution in [0.2, 0.25) is 0 Å². The van der Waals surface area contributed by atoms with Crippen molar-refractivity contribution in [1.82, 2.24) is 15.5 Å². The van der Waals surface area contributed by atoms with Crippen molar-refractivity contribution in [2.24, 2.45) is 0 Å². The van der Waals surface area contributed by atoms with Gasteiger partial charge in [-0.15, -0.1) is 0 Å². The number of ether oxygens (including phenoxy) is 1. The Morgan fingerprint density at radius 2 is 1.36 bits per heavy atom. The number of rotatable bonds is 12. The van der Waals surface area contributed by atoms with E-state index in [-0.39, 0.29) is 37.9 Å². The first-order valence-corrected chi connectivity index (χ1v) is 14.8. The highest BCUT2D eigenvalue weighted by molar-refractivity contribution is 5.85. The van der Waals surface area contributed by atoms with Crippen LogP contribution in [0.15, 0.2) is 103 Å². The Labute approximate surface area is 261 Å². The van der Waals surface area contributed by atoms with Crippen molar-refractivity contribution >= 4 is 23.9 Å². The topological polar surface area (TPSA) is 125 Å². The van der Waals surface area contributed by atoms with E-state index in [1.165, 1.54) is 7.11 Å². The Hall–Kier alpha value is -5.44. The molecule has 0 saturated heterocycles. The van der Waals surface area contributed by atoms with Gasteiger partial charge in [0.15, 0.2) is 0 Å². The molecule has 230 valence electrons. The molecular weight excluding hydrogens is 570 g/mol. The largest absolute Gasteiger partial charge is 0.481 e. The number of carboxylic acid groups (broad SMARTS) is 1. The van der Waals surface area contributed by atoms with E-state index >= 15 is 0 Å². The molecule has 3 N–H and O–H groups in total. The minimum atomic E-state index is -1.06. The molecule has 5 rings (SSSR count). The molecule has 0 aromatic heterocycles. The SMILES string of the molecule is COC(=O)N(CCCC(=O)NCC(=O)NC(CC(=O)O)c1ccc(-c2ccccc2)cc1)C1c2ccccc2-c2ccccc21. The number of methoxy groups -OCH3 is 1. The van der Waals surface area contributed by atoms with Gasteiger partial charge in [-0.3, -0.25) is 19.3 Å². The third-order valence-corrected chi connectivity index (χ3v) is 7.90. The molecule has 9 nitrogen and oxygen atoms in total. The minimum absolute atomic E-state index is 0.0797. The summed E-state index contributed by atoms with van der Waals surface area (Å²) in [5.41, 5.74) is 6.76. The highest BCUT2D eigenvalue weighted by Gasteiger charge is 2.35. The molecule has 0 bridgehead atoms. The van der Waals surface area contributed by atoms with E-state index in [0.717, 1.165) is 33.4 Å². The molecule has 4 aromatic carbocycles. The smallest absolute Gasteiger partial charge is 0.410 e. The highest BCUT2D eigenvalue weighted by Crippen LogP contribution is 2.46. The molecular formula is C36H35N3O6. The summed E-state index contributed by atoms with van der Waals surface area (Å²) in [6.45, 7) is -0.0412. The van der Waals surface area contributed by atoms with Gasteiger partial charge in [0.2, 0.25) is 11.8 Å². The van der Waals surface area contributed by atoms with Crippen LogP contribution in [0, 0.1) is 0 Å². The van der Waals surface area contributed by atoms with Crippen LogP contribution < -0.4 is 10.6 Å². The lowest BCUT2D eigenvalue weighted by molar-refractivity contribution is -0.138. The number of benzene rings is 4. The van der Waals surface area contributed by atoms with Crippen molar-refractivity contribution in [3.63, 3.8) is 0 Å². The van der Waals surface area contributed by atoms with Crippen LogP contribution in [0.5, 0.6) is 0 Å². The summed E-state index contributed by atoms with van der Waals surface area (Å²) in [6.07, 6.45) is -0.372. The Morgan fingerprint density at radius 3 is 1.96 bits per heavy atom. The van der Waals surface area contributed by atoms with Gasteiger partial charge in [0, 0.05) is 13.0 Å². The highest BCUT2D eigenvalue weighted by atomic mass is 16.5. The van der Waals surface area contributed by atoms with Gasteiger partial charge in [0.25, 0.3) is 0 Å². The standard InChI is InChI=1S/C36H35N3O6/c1-45-36(44)39(35-29-14-7-5-12-27(29)28-13-6-8-15-30(28)35)21-9-16-32(40)37-23-33(41)38-31(22-34(42)43)26-19-17-25(18-20-26)24-10-3-2-4-11-24/h2-8,10-15,17-20,31,35H,9,16,21-23H2,1H3,(H,37,40)(H,38,41)(H,42,43). The maximum Gasteiger partial charge on any atom is 0.410 e. The summed E-state index contributed by atoms with van der Waals surface area (Å²) >= 11 is 0. The maximum atomic E-state index is 12.9.